The van der Waals surface area contributed by atoms with Crippen LogP contribution in [0.25, 0.3) is 0 Å². The molecule has 0 spiro atoms. The summed E-state index contributed by atoms with van der Waals surface area (Å²) in [7, 11) is 0. The fourth-order valence-electron chi connectivity index (χ4n) is 4.85. The van der Waals surface area contributed by atoms with E-state index in [4.69, 9.17) is 29.1 Å². The average molecular weight is 470 g/mol. The number of thiocarbonyl (C=S) groups is 1. The summed E-state index contributed by atoms with van der Waals surface area (Å²) in [5.74, 6) is -0.142. The van der Waals surface area contributed by atoms with E-state index in [0.717, 1.165) is 25.7 Å². The summed E-state index contributed by atoms with van der Waals surface area (Å²) < 4.78 is 0. The third-order valence-corrected chi connectivity index (χ3v) is 7.08. The zero-order chi connectivity index (χ0) is 22.8. The molecule has 1 heterocycles. The van der Waals surface area contributed by atoms with Crippen molar-refractivity contribution in [3.05, 3.63) is 52.1 Å². The van der Waals surface area contributed by atoms with Crippen molar-refractivity contribution in [2.45, 2.75) is 44.8 Å². The van der Waals surface area contributed by atoms with E-state index in [-0.39, 0.29) is 11.8 Å². The maximum atomic E-state index is 13.3. The molecule has 3 atom stereocenters. The second kappa shape index (κ2) is 9.53. The molecule has 8 heteroatoms. The molecule has 2 amide bonds. The molecule has 2 N–H and O–H groups in total. The van der Waals surface area contributed by atoms with E-state index >= 15 is 0 Å². The SMILES string of the molecule is N#CC[C@H]1CCC[C@@H](CN2C(=O)c3c(NC(=O)C4=CC(Cl)=CCC4=S)cccc3C2O)C1. The molecule has 166 valence electrons. The molecule has 0 bridgehead atoms. The van der Waals surface area contributed by atoms with E-state index in [1.807, 2.05) is 0 Å². The molecule has 0 aromatic heterocycles. The molecular weight excluding hydrogens is 446 g/mol. The van der Waals surface area contributed by atoms with Crippen molar-refractivity contribution in [2.75, 3.05) is 11.9 Å². The van der Waals surface area contributed by atoms with E-state index in [0.29, 0.717) is 57.6 Å². The topological polar surface area (TPSA) is 93.4 Å². The smallest absolute Gasteiger partial charge is 0.258 e. The van der Waals surface area contributed by atoms with Crippen LogP contribution in [-0.2, 0) is 4.79 Å². The van der Waals surface area contributed by atoms with E-state index in [9.17, 15) is 14.7 Å². The number of nitrogens with zero attached hydrogens (tertiary/aromatic N) is 2. The number of aliphatic hydroxyl groups is 1. The second-order valence-corrected chi connectivity index (χ2v) is 9.52. The number of halogens is 1. The first-order valence-electron chi connectivity index (χ1n) is 10.8. The van der Waals surface area contributed by atoms with Crippen molar-refractivity contribution >= 4 is 46.2 Å². The van der Waals surface area contributed by atoms with Crippen molar-refractivity contribution in [3.8, 4) is 6.07 Å². The Morgan fingerprint density at radius 2 is 2.12 bits per heavy atom. The predicted octanol–water partition coefficient (Wildman–Crippen LogP) is 4.61. The Bertz CT molecular complexity index is 1070. The number of carbonyl (C=O) groups is 2. The summed E-state index contributed by atoms with van der Waals surface area (Å²) in [5.41, 5.74) is 1.44. The molecule has 1 aliphatic heterocycles. The van der Waals surface area contributed by atoms with E-state index in [1.165, 1.54) is 11.0 Å². The van der Waals surface area contributed by atoms with Crippen LogP contribution < -0.4 is 5.32 Å². The Hall–Kier alpha value is -2.53. The number of nitrogens with one attached hydrogen (secondary N) is 1. The number of aliphatic hydroxyl groups excluding tert-OH is 1. The van der Waals surface area contributed by atoms with Crippen molar-refractivity contribution in [1.82, 2.24) is 4.90 Å². The summed E-state index contributed by atoms with van der Waals surface area (Å²) >= 11 is 11.3. The molecule has 1 unspecified atom stereocenters. The van der Waals surface area contributed by atoms with Crippen LogP contribution in [-0.4, -0.2) is 33.2 Å². The summed E-state index contributed by atoms with van der Waals surface area (Å²) in [6, 6.07) is 7.31. The van der Waals surface area contributed by atoms with Gasteiger partial charge in [0.15, 0.2) is 6.23 Å². The molecule has 1 fully saturated rings. The molecular formula is C24H24ClN3O3S. The van der Waals surface area contributed by atoms with Gasteiger partial charge in [-0.25, -0.2) is 0 Å². The van der Waals surface area contributed by atoms with Crippen LogP contribution in [0.4, 0.5) is 5.69 Å². The first-order chi connectivity index (χ1) is 15.4. The Balaban J connectivity index is 1.52. The zero-order valence-electron chi connectivity index (χ0n) is 17.5. The summed E-state index contributed by atoms with van der Waals surface area (Å²) in [4.78, 5) is 28.1. The molecule has 2 aliphatic carbocycles. The number of amides is 2. The molecule has 0 saturated heterocycles. The number of rotatable bonds is 5. The van der Waals surface area contributed by atoms with Gasteiger partial charge in [-0.15, -0.1) is 0 Å². The minimum Gasteiger partial charge on any atom is -0.369 e. The lowest BCUT2D eigenvalue weighted by Gasteiger charge is -2.32. The maximum Gasteiger partial charge on any atom is 0.258 e. The molecule has 3 aliphatic rings. The minimum atomic E-state index is -1.06. The fraction of sp³-hybridized carbons (Fsp3) is 0.417. The van der Waals surface area contributed by atoms with Crippen molar-refractivity contribution in [2.24, 2.45) is 11.8 Å². The number of allylic oxidation sites excluding steroid dienone is 3. The Morgan fingerprint density at radius 3 is 2.91 bits per heavy atom. The van der Waals surface area contributed by atoms with Gasteiger partial charge in [0.05, 0.1) is 22.9 Å². The number of fused-ring (bicyclic) bond motifs is 1. The molecule has 1 aromatic carbocycles. The highest BCUT2D eigenvalue weighted by atomic mass is 35.5. The van der Waals surface area contributed by atoms with Crippen molar-refractivity contribution < 1.29 is 14.7 Å². The number of benzene rings is 1. The molecule has 1 saturated carbocycles. The number of hydrogen-bond acceptors (Lipinski definition) is 5. The van der Waals surface area contributed by atoms with Gasteiger partial charge in [-0.05, 0) is 43.2 Å². The van der Waals surface area contributed by atoms with Gasteiger partial charge in [-0.3, -0.25) is 9.59 Å². The van der Waals surface area contributed by atoms with Crippen molar-refractivity contribution in [1.29, 1.82) is 5.26 Å². The normalized spacial score (nSPS) is 25.0. The van der Waals surface area contributed by atoms with Crippen LogP contribution in [0.15, 0.2) is 41.0 Å². The zero-order valence-corrected chi connectivity index (χ0v) is 19.1. The average Bonchev–Trinajstić information content (AvgIpc) is 3.01. The van der Waals surface area contributed by atoms with E-state index in [2.05, 4.69) is 11.4 Å². The Kier molecular flexibility index (Phi) is 6.75. The molecule has 4 rings (SSSR count). The molecule has 32 heavy (non-hydrogen) atoms. The third kappa shape index (κ3) is 4.49. The van der Waals surface area contributed by atoms with Crippen LogP contribution in [0.5, 0.6) is 0 Å². The third-order valence-electron chi connectivity index (χ3n) is 6.43. The van der Waals surface area contributed by atoms with Crippen LogP contribution in [0, 0.1) is 23.2 Å². The fourth-order valence-corrected chi connectivity index (χ4v) is 5.27. The first-order valence-corrected chi connectivity index (χ1v) is 11.6. The molecule has 1 aromatic rings. The van der Waals surface area contributed by atoms with Gasteiger partial charge in [0.2, 0.25) is 0 Å². The lowest BCUT2D eigenvalue weighted by Crippen LogP contribution is -2.35. The Morgan fingerprint density at radius 1 is 1.34 bits per heavy atom. The van der Waals surface area contributed by atoms with Crippen LogP contribution in [0.3, 0.4) is 0 Å². The van der Waals surface area contributed by atoms with Crippen LogP contribution in [0.2, 0.25) is 0 Å². The predicted molar refractivity (Wildman–Crippen MR) is 126 cm³/mol. The highest BCUT2D eigenvalue weighted by molar-refractivity contribution is 7.81. The summed E-state index contributed by atoms with van der Waals surface area (Å²) in [5, 5.41) is 23.1. The first kappa shape index (κ1) is 22.7. The molecule has 0 radical (unpaired) electrons. The highest BCUT2D eigenvalue weighted by Crippen LogP contribution is 2.39. The number of anilines is 1. The standard InChI is InChI=1S/C24H24ClN3O3S/c25-16-7-8-20(32)18(12-16)22(29)27-19-6-2-5-17-21(19)24(31)28(23(17)30)13-15-4-1-3-14(11-15)9-10-26/h2,5-7,12,14-15,23,30H,1,3-4,8-9,11,13H2,(H,27,29)/t14-,15-,23?/m1/s1. The minimum absolute atomic E-state index is 0.242. The lowest BCUT2D eigenvalue weighted by molar-refractivity contribution is -0.112. The van der Waals surface area contributed by atoms with E-state index in [1.54, 1.807) is 24.3 Å². The summed E-state index contributed by atoms with van der Waals surface area (Å²) in [6.45, 7) is 0.430. The largest absolute Gasteiger partial charge is 0.369 e. The van der Waals surface area contributed by atoms with Gasteiger partial charge in [-0.2, -0.15) is 5.26 Å². The van der Waals surface area contributed by atoms with Gasteiger partial charge in [0, 0.05) is 34.8 Å². The monoisotopic (exact) mass is 469 g/mol. The lowest BCUT2D eigenvalue weighted by atomic mass is 9.80. The number of nitriles is 1. The number of hydrogen-bond donors (Lipinski definition) is 2. The summed E-state index contributed by atoms with van der Waals surface area (Å²) in [6.07, 6.45) is 7.06. The van der Waals surface area contributed by atoms with E-state index < -0.39 is 12.1 Å². The van der Waals surface area contributed by atoms with Crippen molar-refractivity contribution in [3.63, 3.8) is 0 Å². The quantitative estimate of drug-likeness (QED) is 0.614. The van der Waals surface area contributed by atoms with Gasteiger partial charge >= 0.3 is 0 Å². The highest BCUT2D eigenvalue weighted by Gasteiger charge is 2.39. The van der Waals surface area contributed by atoms with Gasteiger partial charge in [0.25, 0.3) is 11.8 Å². The van der Waals surface area contributed by atoms with Gasteiger partial charge in [0.1, 0.15) is 0 Å². The maximum absolute atomic E-state index is 13.3. The molecule has 6 nitrogen and oxygen atoms in total. The van der Waals surface area contributed by atoms with Gasteiger partial charge in [-0.1, -0.05) is 48.4 Å². The van der Waals surface area contributed by atoms with Crippen LogP contribution >= 0.6 is 23.8 Å². The van der Waals surface area contributed by atoms with Crippen LogP contribution in [0.1, 0.15) is 60.7 Å². The van der Waals surface area contributed by atoms with Gasteiger partial charge < -0.3 is 15.3 Å². The number of carbonyl (C=O) groups excluding carboxylic acids is 2. The second-order valence-electron chi connectivity index (χ2n) is 8.59. The Labute approximate surface area is 197 Å².